The largest absolute Gasteiger partial charge is 0.512 e. The summed E-state index contributed by atoms with van der Waals surface area (Å²) in [4.78, 5) is 4.34. The Morgan fingerprint density at radius 2 is 1.00 bits per heavy atom. The van der Waals surface area contributed by atoms with Gasteiger partial charge in [0.1, 0.15) is 0 Å². The summed E-state index contributed by atoms with van der Waals surface area (Å²) in [6, 6.07) is 44.1. The number of para-hydroxylation sites is 5. The minimum absolute atomic E-state index is 0.328. The van der Waals surface area contributed by atoms with Gasteiger partial charge in [-0.3, -0.25) is 0 Å². The van der Waals surface area contributed by atoms with Crippen LogP contribution in [0.3, 0.4) is 0 Å². The Bertz CT molecular complexity index is 2040. The van der Waals surface area contributed by atoms with Gasteiger partial charge in [0, 0.05) is 77.3 Å². The number of hydrogen-bond acceptors (Lipinski definition) is 4. The van der Waals surface area contributed by atoms with Crippen molar-refractivity contribution in [1.29, 1.82) is 0 Å². The summed E-state index contributed by atoms with van der Waals surface area (Å²) in [5, 5.41) is 0. The molecule has 5 aromatic rings. The van der Waals surface area contributed by atoms with E-state index in [1.54, 1.807) is 24.3 Å². The Kier molecular flexibility index (Phi) is 9.02. The van der Waals surface area contributed by atoms with Gasteiger partial charge in [0.25, 0.3) is 0 Å². The van der Waals surface area contributed by atoms with Gasteiger partial charge in [0.2, 0.25) is 11.4 Å². The highest BCUT2D eigenvalue weighted by molar-refractivity contribution is 7.79. The van der Waals surface area contributed by atoms with Crippen LogP contribution in [0.2, 0.25) is 0 Å². The molecule has 0 heterocycles. The number of rotatable bonds is 8. The quantitative estimate of drug-likeness (QED) is 0.136. The average molecular weight is 639 g/mol. The Morgan fingerprint density at radius 1 is 0.574 bits per heavy atom. The van der Waals surface area contributed by atoms with Crippen molar-refractivity contribution in [2.75, 3.05) is 23.9 Å². The molecule has 1 aliphatic rings. The third kappa shape index (κ3) is 6.58. The molecular weight excluding hydrogens is 603 g/mol. The maximum Gasteiger partial charge on any atom is 0.512 e. The molecule has 0 aliphatic heterocycles. The molecule has 0 aromatic heterocycles. The maximum atomic E-state index is 12.7. The third-order valence-corrected chi connectivity index (χ3v) is 9.18. The van der Waals surface area contributed by atoms with E-state index in [9.17, 15) is 13.0 Å². The first-order valence-electron chi connectivity index (χ1n) is 15.3. The summed E-state index contributed by atoms with van der Waals surface area (Å²) in [5.41, 5.74) is 9.42. The van der Waals surface area contributed by atoms with E-state index in [-0.39, 0.29) is 0 Å². The molecular formula is C40H36N3O3S+. The van der Waals surface area contributed by atoms with E-state index in [2.05, 4.69) is 72.4 Å². The van der Waals surface area contributed by atoms with Crippen molar-refractivity contribution in [3.05, 3.63) is 180 Å². The number of anilines is 4. The van der Waals surface area contributed by atoms with E-state index >= 15 is 0 Å². The highest BCUT2D eigenvalue weighted by Gasteiger charge is 2.31. The summed E-state index contributed by atoms with van der Waals surface area (Å²) in [6.07, 6.45) is 7.31. The molecule has 6 rings (SSSR count). The highest BCUT2D eigenvalue weighted by atomic mass is 32.2. The number of allylic oxidation sites excluding steroid dienone is 5. The second-order valence-electron chi connectivity index (χ2n) is 11.3. The average Bonchev–Trinajstić information content (AvgIpc) is 3.10. The van der Waals surface area contributed by atoms with Crippen LogP contribution in [0.25, 0.3) is 5.57 Å². The van der Waals surface area contributed by atoms with Gasteiger partial charge in [0.15, 0.2) is 0 Å². The molecule has 234 valence electrons. The van der Waals surface area contributed by atoms with Gasteiger partial charge in [0.05, 0.1) is 0 Å². The Hall–Kier alpha value is -5.50. The van der Waals surface area contributed by atoms with Crippen molar-refractivity contribution in [3.8, 4) is 0 Å². The summed E-state index contributed by atoms with van der Waals surface area (Å²) < 4.78 is 36.7. The molecule has 0 amide bonds. The molecule has 0 radical (unpaired) electrons. The summed E-state index contributed by atoms with van der Waals surface area (Å²) in [6.45, 7) is 1.81. The summed E-state index contributed by atoms with van der Waals surface area (Å²) in [5.74, 6) is 0. The monoisotopic (exact) mass is 638 g/mol. The van der Waals surface area contributed by atoms with E-state index < -0.39 is 10.3 Å². The van der Waals surface area contributed by atoms with Crippen molar-refractivity contribution in [2.24, 2.45) is 0 Å². The number of benzene rings is 5. The van der Waals surface area contributed by atoms with Gasteiger partial charge >= 0.3 is 10.3 Å². The maximum absolute atomic E-state index is 12.7. The standard InChI is InChI=1S/C40H35N3O3S/c1-30-16-10-13-23-37(30)43(47(44,45)46)34-28-26-31(27-29-34)40(35-21-11-14-24-38(35)41(2)32-17-6-4-7-18-32)36-22-12-15-25-39(36)42(3)33-19-8-5-9-20-33/h4-29H,1-3H3/p+1. The van der Waals surface area contributed by atoms with Gasteiger partial charge < -0.3 is 9.80 Å². The lowest BCUT2D eigenvalue weighted by Crippen LogP contribution is -2.23. The lowest BCUT2D eigenvalue weighted by atomic mass is 9.88. The second-order valence-corrected chi connectivity index (χ2v) is 12.5. The van der Waals surface area contributed by atoms with Crippen LogP contribution in [0.15, 0.2) is 163 Å². The van der Waals surface area contributed by atoms with Gasteiger partial charge in [-0.2, -0.15) is 0 Å². The molecule has 0 atom stereocenters. The van der Waals surface area contributed by atoms with Crippen LogP contribution in [0, 0.1) is 6.92 Å². The van der Waals surface area contributed by atoms with E-state index in [1.165, 1.54) is 0 Å². The fraction of sp³-hybridized carbons (Fsp3) is 0.0750. The van der Waals surface area contributed by atoms with Crippen LogP contribution in [-0.2, 0) is 10.3 Å². The van der Waals surface area contributed by atoms with Crippen LogP contribution in [0.4, 0.5) is 28.4 Å². The molecule has 6 nitrogen and oxygen atoms in total. The number of hydrogen-bond donors (Lipinski definition) is 1. The summed E-state index contributed by atoms with van der Waals surface area (Å²) >= 11 is 0. The predicted octanol–water partition coefficient (Wildman–Crippen LogP) is 9.05. The lowest BCUT2D eigenvalue weighted by Gasteiger charge is -2.28. The Morgan fingerprint density at radius 3 is 1.47 bits per heavy atom. The van der Waals surface area contributed by atoms with E-state index in [0.717, 1.165) is 54.6 Å². The van der Waals surface area contributed by atoms with Crippen molar-refractivity contribution in [3.63, 3.8) is 0 Å². The first-order chi connectivity index (χ1) is 22.7. The van der Waals surface area contributed by atoms with Gasteiger partial charge in [-0.05, 0) is 61.0 Å². The molecule has 0 unspecified atom stereocenters. The van der Waals surface area contributed by atoms with Crippen LogP contribution in [0.5, 0.6) is 0 Å². The van der Waals surface area contributed by atoms with Crippen LogP contribution < -0.4 is 9.80 Å². The fourth-order valence-corrected chi connectivity index (χ4v) is 6.79. The molecule has 0 spiro atoms. The van der Waals surface area contributed by atoms with Gasteiger partial charge in [-0.1, -0.05) is 95.0 Å². The molecule has 1 aliphatic carbocycles. The molecule has 47 heavy (non-hydrogen) atoms. The zero-order valence-corrected chi connectivity index (χ0v) is 27.3. The molecule has 7 heteroatoms. The van der Waals surface area contributed by atoms with Crippen LogP contribution >= 0.6 is 0 Å². The second kappa shape index (κ2) is 13.5. The first kappa shape index (κ1) is 31.5. The first-order valence-corrected chi connectivity index (χ1v) is 16.7. The predicted molar refractivity (Wildman–Crippen MR) is 194 cm³/mol. The third-order valence-electron chi connectivity index (χ3n) is 8.31. The Balaban J connectivity index is 1.60. The number of aryl methyl sites for hydroxylation is 1. The normalized spacial score (nSPS) is 12.6. The lowest BCUT2D eigenvalue weighted by molar-refractivity contribution is -0.272. The molecule has 0 fully saturated rings. The van der Waals surface area contributed by atoms with Gasteiger partial charge in [-0.25, -0.2) is 4.55 Å². The zero-order chi connectivity index (χ0) is 33.0. The highest BCUT2D eigenvalue weighted by Crippen LogP contribution is 2.42. The minimum Gasteiger partial charge on any atom is -0.344 e. The van der Waals surface area contributed by atoms with E-state index in [0.29, 0.717) is 11.4 Å². The molecule has 1 N–H and O–H groups in total. The molecule has 0 bridgehead atoms. The number of nitrogens with zero attached hydrogens (tertiary/aromatic N) is 3. The molecule has 0 saturated heterocycles. The van der Waals surface area contributed by atoms with Crippen molar-refractivity contribution in [2.45, 2.75) is 6.92 Å². The van der Waals surface area contributed by atoms with E-state index in [4.69, 9.17) is 0 Å². The Labute approximate surface area is 277 Å². The van der Waals surface area contributed by atoms with Crippen molar-refractivity contribution >= 4 is 50.0 Å². The minimum atomic E-state index is -4.61. The zero-order valence-electron chi connectivity index (χ0n) is 26.5. The molecule has 0 saturated carbocycles. The van der Waals surface area contributed by atoms with Crippen molar-refractivity contribution in [1.82, 2.24) is 0 Å². The van der Waals surface area contributed by atoms with E-state index in [1.807, 2.05) is 91.9 Å². The molecule has 5 aromatic carbocycles. The SMILES string of the molecule is Cc1ccccc1[N+](=C1C=CC(=C(c2ccccc2N(C)c2ccccc2)c2ccccc2N(C)c2ccccc2)C=C1)S(=O)(=O)O. The van der Waals surface area contributed by atoms with Crippen molar-refractivity contribution < 1.29 is 17.0 Å². The smallest absolute Gasteiger partial charge is 0.344 e. The van der Waals surface area contributed by atoms with Crippen LogP contribution in [0.1, 0.15) is 16.7 Å². The fourth-order valence-electron chi connectivity index (χ4n) is 5.94. The topological polar surface area (TPSA) is 63.9 Å². The summed E-state index contributed by atoms with van der Waals surface area (Å²) in [7, 11) is -0.498. The van der Waals surface area contributed by atoms with Crippen LogP contribution in [-0.4, -0.2) is 36.8 Å². The van der Waals surface area contributed by atoms with Gasteiger partial charge in [-0.15, -0.1) is 8.42 Å².